The van der Waals surface area contributed by atoms with Crippen molar-refractivity contribution in [3.63, 3.8) is 0 Å². The minimum atomic E-state index is -3.95. The molecule has 0 bridgehead atoms. The number of hydrogen-bond donors (Lipinski definition) is 2. The number of nitro groups is 1. The summed E-state index contributed by atoms with van der Waals surface area (Å²) in [5.41, 5.74) is 1.70. The molecule has 2 N–H and O–H groups in total. The Bertz CT molecular complexity index is 1250. The van der Waals surface area contributed by atoms with E-state index in [9.17, 15) is 23.3 Å². The van der Waals surface area contributed by atoms with Crippen molar-refractivity contribution in [1.82, 2.24) is 0 Å². The number of fused-ring (bicyclic) bond motifs is 1. The molecule has 10 heteroatoms. The van der Waals surface area contributed by atoms with Crippen molar-refractivity contribution in [3.8, 4) is 0 Å². The smallest absolute Gasteiger partial charge is 0.269 e. The number of rotatable bonds is 5. The molecule has 1 aliphatic rings. The number of non-ortho nitro benzene ring substituents is 1. The Hall–Kier alpha value is -3.50. The monoisotopic (exact) mass is 427 g/mol. The van der Waals surface area contributed by atoms with E-state index in [0.717, 1.165) is 17.0 Å². The fourth-order valence-corrected chi connectivity index (χ4v) is 4.58. The highest BCUT2D eigenvalue weighted by atomic mass is 32.2. The van der Waals surface area contributed by atoms with Gasteiger partial charge in [0.05, 0.1) is 15.4 Å². The zero-order valence-corrected chi connectivity index (χ0v) is 16.3. The lowest BCUT2D eigenvalue weighted by molar-refractivity contribution is -0.384. The number of hydrogen-bond acceptors (Lipinski definition) is 6. The largest absolute Gasteiger partial charge is 0.321 e. The molecule has 2 aromatic carbocycles. The summed E-state index contributed by atoms with van der Waals surface area (Å²) in [5.74, 6) is -0.260. The van der Waals surface area contributed by atoms with Gasteiger partial charge in [0.2, 0.25) is 0 Å². The quantitative estimate of drug-likeness (QED) is 0.363. The van der Waals surface area contributed by atoms with Crippen LogP contribution < -0.4 is 10.0 Å². The van der Waals surface area contributed by atoms with Gasteiger partial charge in [-0.15, -0.1) is 11.3 Å². The molecule has 0 spiro atoms. The third kappa shape index (κ3) is 3.75. The Labute approximate surface area is 169 Å². The fraction of sp³-hybridized carbons (Fsp3) is 0. The van der Waals surface area contributed by atoms with Crippen LogP contribution in [0.5, 0.6) is 0 Å². The molecule has 0 saturated carbocycles. The van der Waals surface area contributed by atoms with Crippen LogP contribution in [0.15, 0.2) is 64.9 Å². The normalized spacial score (nSPS) is 14.5. The van der Waals surface area contributed by atoms with E-state index in [1.807, 2.05) is 17.5 Å². The van der Waals surface area contributed by atoms with Gasteiger partial charge in [0.1, 0.15) is 0 Å². The van der Waals surface area contributed by atoms with Crippen molar-refractivity contribution in [3.05, 3.63) is 80.5 Å². The van der Waals surface area contributed by atoms with E-state index in [2.05, 4.69) is 10.0 Å². The van der Waals surface area contributed by atoms with Crippen LogP contribution in [-0.4, -0.2) is 19.2 Å². The predicted octanol–water partition coefficient (Wildman–Crippen LogP) is 3.95. The Morgan fingerprint density at radius 2 is 1.86 bits per heavy atom. The first kappa shape index (κ1) is 18.8. The number of amides is 1. The minimum absolute atomic E-state index is 0.104. The van der Waals surface area contributed by atoms with Gasteiger partial charge in [-0.2, -0.15) is 0 Å². The van der Waals surface area contributed by atoms with E-state index < -0.39 is 14.9 Å². The summed E-state index contributed by atoms with van der Waals surface area (Å²) < 4.78 is 27.7. The van der Waals surface area contributed by atoms with Gasteiger partial charge >= 0.3 is 0 Å². The molecular weight excluding hydrogens is 414 g/mol. The average Bonchev–Trinajstić information content (AvgIpc) is 3.30. The molecule has 0 atom stereocenters. The van der Waals surface area contributed by atoms with E-state index in [4.69, 9.17) is 0 Å². The number of sulfonamides is 1. The highest BCUT2D eigenvalue weighted by Gasteiger charge is 2.25. The van der Waals surface area contributed by atoms with E-state index in [1.165, 1.54) is 29.5 Å². The number of nitro benzene ring substituents is 1. The zero-order chi connectivity index (χ0) is 20.6. The number of carbonyl (C=O) groups is 1. The van der Waals surface area contributed by atoms with Gasteiger partial charge in [-0.3, -0.25) is 19.6 Å². The molecule has 29 heavy (non-hydrogen) atoms. The SMILES string of the molecule is O=C1Nc2ccc(NS(=O)(=O)c3ccc([N+](=O)[O-])cc3)cc2/C1=C/c1cccs1. The first-order chi connectivity index (χ1) is 13.8. The Morgan fingerprint density at radius 3 is 2.52 bits per heavy atom. The molecule has 8 nitrogen and oxygen atoms in total. The van der Waals surface area contributed by atoms with Crippen LogP contribution in [0, 0.1) is 10.1 Å². The van der Waals surface area contributed by atoms with Crippen molar-refractivity contribution in [2.24, 2.45) is 0 Å². The zero-order valence-electron chi connectivity index (χ0n) is 14.7. The molecule has 1 aromatic heterocycles. The molecule has 4 rings (SSSR count). The van der Waals surface area contributed by atoms with Crippen LogP contribution in [0.25, 0.3) is 11.6 Å². The Morgan fingerprint density at radius 1 is 1.10 bits per heavy atom. The highest BCUT2D eigenvalue weighted by molar-refractivity contribution is 7.92. The lowest BCUT2D eigenvalue weighted by atomic mass is 10.1. The maximum Gasteiger partial charge on any atom is 0.269 e. The van der Waals surface area contributed by atoms with Crippen LogP contribution in [-0.2, 0) is 14.8 Å². The summed E-state index contributed by atoms with van der Waals surface area (Å²) in [6.07, 6.45) is 1.75. The maximum atomic E-state index is 12.6. The lowest BCUT2D eigenvalue weighted by Gasteiger charge is -2.09. The molecule has 2 heterocycles. The third-order valence-corrected chi connectivity index (χ3v) is 6.46. The van der Waals surface area contributed by atoms with Crippen molar-refractivity contribution >= 4 is 56.0 Å². The number of benzene rings is 2. The van der Waals surface area contributed by atoms with Crippen LogP contribution >= 0.6 is 11.3 Å². The van der Waals surface area contributed by atoms with Crippen LogP contribution in [0.4, 0.5) is 17.1 Å². The standard InChI is InChI=1S/C19H13N3O5S2/c23-19-17(11-14-2-1-9-28-14)16-10-12(3-8-18(16)20-19)21-29(26,27)15-6-4-13(5-7-15)22(24)25/h1-11,21H,(H,20,23)/b17-11-. The molecule has 0 unspecified atom stereocenters. The van der Waals surface area contributed by atoms with Crippen molar-refractivity contribution in [2.75, 3.05) is 10.0 Å². The van der Waals surface area contributed by atoms with Gasteiger partial charge in [0, 0.05) is 33.9 Å². The second-order valence-corrected chi connectivity index (χ2v) is 8.81. The van der Waals surface area contributed by atoms with Crippen LogP contribution in [0.3, 0.4) is 0 Å². The van der Waals surface area contributed by atoms with Gasteiger partial charge < -0.3 is 5.32 Å². The van der Waals surface area contributed by atoms with Crippen LogP contribution in [0.2, 0.25) is 0 Å². The topological polar surface area (TPSA) is 118 Å². The molecule has 0 radical (unpaired) electrons. The number of thiophene rings is 1. The fourth-order valence-electron chi connectivity index (χ4n) is 2.87. The van der Waals surface area contributed by atoms with Gasteiger partial charge in [0.15, 0.2) is 0 Å². The summed E-state index contributed by atoms with van der Waals surface area (Å²) in [6.45, 7) is 0. The molecule has 0 aliphatic carbocycles. The number of anilines is 2. The molecule has 0 fully saturated rings. The maximum absolute atomic E-state index is 12.6. The van der Waals surface area contributed by atoms with E-state index in [-0.39, 0.29) is 22.2 Å². The predicted molar refractivity (Wildman–Crippen MR) is 111 cm³/mol. The molecule has 146 valence electrons. The van der Waals surface area contributed by atoms with Gasteiger partial charge in [0.25, 0.3) is 21.6 Å². The summed E-state index contributed by atoms with van der Waals surface area (Å²) in [5, 5.41) is 15.4. The summed E-state index contributed by atoms with van der Waals surface area (Å²) >= 11 is 1.49. The van der Waals surface area contributed by atoms with Gasteiger partial charge in [-0.1, -0.05) is 6.07 Å². The summed E-state index contributed by atoms with van der Waals surface area (Å²) in [4.78, 5) is 23.2. The molecule has 0 saturated heterocycles. The Balaban J connectivity index is 1.65. The number of nitrogens with zero attached hydrogens (tertiary/aromatic N) is 1. The minimum Gasteiger partial charge on any atom is -0.321 e. The van der Waals surface area contributed by atoms with E-state index in [0.29, 0.717) is 16.8 Å². The highest BCUT2D eigenvalue weighted by Crippen LogP contribution is 2.36. The third-order valence-electron chi connectivity index (χ3n) is 4.24. The van der Waals surface area contributed by atoms with E-state index in [1.54, 1.807) is 18.2 Å². The second-order valence-electron chi connectivity index (χ2n) is 6.14. The molecular formula is C19H13N3O5S2. The van der Waals surface area contributed by atoms with Crippen molar-refractivity contribution < 1.29 is 18.1 Å². The van der Waals surface area contributed by atoms with E-state index >= 15 is 0 Å². The first-order valence-electron chi connectivity index (χ1n) is 8.32. The lowest BCUT2D eigenvalue weighted by Crippen LogP contribution is -2.13. The summed E-state index contributed by atoms with van der Waals surface area (Å²) in [7, 11) is -3.95. The average molecular weight is 427 g/mol. The first-order valence-corrected chi connectivity index (χ1v) is 10.7. The Kier molecular flexibility index (Phi) is 4.65. The second kappa shape index (κ2) is 7.15. The molecule has 1 amide bonds. The summed E-state index contributed by atoms with van der Waals surface area (Å²) in [6, 6.07) is 13.1. The van der Waals surface area contributed by atoms with Crippen LogP contribution in [0.1, 0.15) is 10.4 Å². The number of carbonyl (C=O) groups excluding carboxylic acids is 1. The molecule has 1 aliphatic heterocycles. The molecule has 3 aromatic rings. The number of nitrogens with one attached hydrogen (secondary N) is 2. The van der Waals surface area contributed by atoms with Crippen molar-refractivity contribution in [2.45, 2.75) is 4.90 Å². The van der Waals surface area contributed by atoms with Gasteiger partial charge in [-0.05, 0) is 47.9 Å². The van der Waals surface area contributed by atoms with Crippen molar-refractivity contribution in [1.29, 1.82) is 0 Å². The van der Waals surface area contributed by atoms with Gasteiger partial charge in [-0.25, -0.2) is 8.42 Å².